The highest BCUT2D eigenvalue weighted by Gasteiger charge is 2.17. The van der Waals surface area contributed by atoms with Crippen LogP contribution in [0.2, 0.25) is 5.02 Å². The van der Waals surface area contributed by atoms with Crippen molar-refractivity contribution in [2.75, 3.05) is 11.9 Å². The second kappa shape index (κ2) is 5.54. The molecule has 2 nitrogen and oxygen atoms in total. The Morgan fingerprint density at radius 3 is 2.71 bits per heavy atom. The van der Waals surface area contributed by atoms with Crippen molar-refractivity contribution in [1.82, 2.24) is 0 Å². The largest absolute Gasteiger partial charge is 0.433 e. The molecule has 5 heteroatoms. The van der Waals surface area contributed by atoms with Gasteiger partial charge in [0.15, 0.2) is 0 Å². The predicted octanol–water partition coefficient (Wildman–Crippen LogP) is 4.15. The fraction of sp³-hybridized carbons (Fsp3) is 0.500. The minimum absolute atomic E-state index is 0.0101. The van der Waals surface area contributed by atoms with Crippen LogP contribution in [-0.4, -0.2) is 13.2 Å². The summed E-state index contributed by atoms with van der Waals surface area (Å²) in [5, 5.41) is 3.44. The Bertz CT molecular complexity index is 383. The van der Waals surface area contributed by atoms with Crippen LogP contribution >= 0.6 is 11.6 Å². The number of ether oxygens (including phenoxy) is 1. The molecule has 17 heavy (non-hydrogen) atoms. The number of hydrogen-bond acceptors (Lipinski definition) is 2. The van der Waals surface area contributed by atoms with Crippen LogP contribution in [0.5, 0.6) is 5.75 Å². The fourth-order valence-electron chi connectivity index (χ4n) is 1.76. The Kier molecular flexibility index (Phi) is 4.05. The molecule has 0 amide bonds. The van der Waals surface area contributed by atoms with E-state index in [9.17, 15) is 8.78 Å². The highest BCUT2D eigenvalue weighted by Crippen LogP contribution is 2.30. The van der Waals surface area contributed by atoms with E-state index in [1.54, 1.807) is 12.1 Å². The van der Waals surface area contributed by atoms with Crippen LogP contribution in [0.25, 0.3) is 0 Å². The number of rotatable bonds is 5. The number of halogens is 3. The molecule has 94 valence electrons. The molecule has 2 rings (SSSR count). The highest BCUT2D eigenvalue weighted by molar-refractivity contribution is 6.32. The van der Waals surface area contributed by atoms with Crippen LogP contribution in [0, 0.1) is 5.92 Å². The normalized spacial score (nSPS) is 15.8. The van der Waals surface area contributed by atoms with Gasteiger partial charge in [-0.1, -0.05) is 18.0 Å². The average molecular weight is 262 g/mol. The van der Waals surface area contributed by atoms with Crippen molar-refractivity contribution in [3.63, 3.8) is 0 Å². The molecule has 1 aliphatic carbocycles. The van der Waals surface area contributed by atoms with E-state index in [1.807, 2.05) is 0 Å². The summed E-state index contributed by atoms with van der Waals surface area (Å²) < 4.78 is 28.3. The summed E-state index contributed by atoms with van der Waals surface area (Å²) in [4.78, 5) is 0. The molecule has 0 bridgehead atoms. The zero-order valence-electron chi connectivity index (χ0n) is 9.26. The van der Waals surface area contributed by atoms with E-state index in [4.69, 9.17) is 11.6 Å². The molecule has 1 fully saturated rings. The van der Waals surface area contributed by atoms with E-state index < -0.39 is 6.61 Å². The first-order valence-corrected chi connectivity index (χ1v) is 6.01. The molecule has 0 atom stereocenters. The van der Waals surface area contributed by atoms with Crippen LogP contribution in [0.15, 0.2) is 18.2 Å². The number of anilines is 1. The average Bonchev–Trinajstić information content (AvgIpc) is 2.19. The molecule has 1 N–H and O–H groups in total. The molecule has 0 radical (unpaired) electrons. The Balaban J connectivity index is 1.92. The van der Waals surface area contributed by atoms with Gasteiger partial charge < -0.3 is 10.1 Å². The second-order valence-electron chi connectivity index (χ2n) is 4.20. The van der Waals surface area contributed by atoms with E-state index in [1.165, 1.54) is 25.3 Å². The molecule has 0 spiro atoms. The van der Waals surface area contributed by atoms with Gasteiger partial charge in [-0.25, -0.2) is 0 Å². The maximum absolute atomic E-state index is 12.0. The van der Waals surface area contributed by atoms with Gasteiger partial charge in [-0.15, -0.1) is 0 Å². The predicted molar refractivity (Wildman–Crippen MR) is 63.9 cm³/mol. The van der Waals surface area contributed by atoms with Crippen LogP contribution in [-0.2, 0) is 0 Å². The summed E-state index contributed by atoms with van der Waals surface area (Å²) >= 11 is 5.84. The molecule has 0 heterocycles. The molecule has 1 aromatic rings. The third kappa shape index (κ3) is 3.46. The standard InChI is InChI=1S/C12H14ClF2NO/c13-10-6-9(16-7-8-2-1-3-8)4-5-11(10)17-12(14)15/h4-6,8,12,16H,1-3,7H2. The van der Waals surface area contributed by atoms with Crippen molar-refractivity contribution < 1.29 is 13.5 Å². The third-order valence-electron chi connectivity index (χ3n) is 2.97. The fourth-order valence-corrected chi connectivity index (χ4v) is 1.99. The maximum atomic E-state index is 12.0. The summed E-state index contributed by atoms with van der Waals surface area (Å²) in [6.07, 6.45) is 3.81. The van der Waals surface area contributed by atoms with E-state index in [2.05, 4.69) is 10.1 Å². The lowest BCUT2D eigenvalue weighted by Crippen LogP contribution is -2.20. The molecule has 0 aliphatic heterocycles. The van der Waals surface area contributed by atoms with Gasteiger partial charge >= 0.3 is 6.61 Å². The smallest absolute Gasteiger partial charge is 0.387 e. The summed E-state index contributed by atoms with van der Waals surface area (Å²) in [5.74, 6) is 0.738. The van der Waals surface area contributed by atoms with E-state index in [0.29, 0.717) is 0 Å². The minimum Gasteiger partial charge on any atom is -0.433 e. The topological polar surface area (TPSA) is 21.3 Å². The van der Waals surface area contributed by atoms with Gasteiger partial charge in [-0.05, 0) is 37.0 Å². The summed E-state index contributed by atoms with van der Waals surface area (Å²) in [6, 6.07) is 4.76. The maximum Gasteiger partial charge on any atom is 0.387 e. The Hall–Kier alpha value is -1.03. The monoisotopic (exact) mass is 261 g/mol. The lowest BCUT2D eigenvalue weighted by molar-refractivity contribution is -0.0497. The first-order valence-electron chi connectivity index (χ1n) is 5.63. The van der Waals surface area contributed by atoms with Gasteiger partial charge in [0.25, 0.3) is 0 Å². The van der Waals surface area contributed by atoms with E-state index >= 15 is 0 Å². The molecule has 0 saturated heterocycles. The Morgan fingerprint density at radius 1 is 1.41 bits per heavy atom. The van der Waals surface area contributed by atoms with Gasteiger partial charge in [-0.3, -0.25) is 0 Å². The molecular formula is C12H14ClF2NO. The van der Waals surface area contributed by atoms with Crippen molar-refractivity contribution in [1.29, 1.82) is 0 Å². The van der Waals surface area contributed by atoms with Crippen molar-refractivity contribution in [3.8, 4) is 5.75 Å². The Labute approximate surface area is 104 Å². The van der Waals surface area contributed by atoms with Crippen molar-refractivity contribution in [3.05, 3.63) is 23.2 Å². The SMILES string of the molecule is FC(F)Oc1ccc(NCC2CCC2)cc1Cl. The molecule has 1 aromatic carbocycles. The van der Waals surface area contributed by atoms with Crippen LogP contribution < -0.4 is 10.1 Å². The molecular weight excluding hydrogens is 248 g/mol. The minimum atomic E-state index is -2.85. The lowest BCUT2D eigenvalue weighted by atomic mass is 9.85. The number of hydrogen-bond donors (Lipinski definition) is 1. The van der Waals surface area contributed by atoms with Crippen LogP contribution in [0.1, 0.15) is 19.3 Å². The molecule has 1 aliphatic rings. The second-order valence-corrected chi connectivity index (χ2v) is 4.61. The summed E-state index contributed by atoms with van der Waals surface area (Å²) in [6.45, 7) is -1.94. The van der Waals surface area contributed by atoms with Crippen molar-refractivity contribution >= 4 is 17.3 Å². The molecule has 0 unspecified atom stereocenters. The van der Waals surface area contributed by atoms with Gasteiger partial charge in [0.05, 0.1) is 5.02 Å². The first-order chi connectivity index (χ1) is 8.15. The first kappa shape index (κ1) is 12.4. The quantitative estimate of drug-likeness (QED) is 0.860. The van der Waals surface area contributed by atoms with E-state index in [-0.39, 0.29) is 10.8 Å². The van der Waals surface area contributed by atoms with Crippen LogP contribution in [0.3, 0.4) is 0 Å². The molecule has 1 saturated carbocycles. The lowest BCUT2D eigenvalue weighted by Gasteiger charge is -2.25. The summed E-state index contributed by atoms with van der Waals surface area (Å²) in [7, 11) is 0. The Morgan fingerprint density at radius 2 is 2.18 bits per heavy atom. The number of benzene rings is 1. The number of nitrogens with one attached hydrogen (secondary N) is 1. The van der Waals surface area contributed by atoms with Gasteiger partial charge in [0.2, 0.25) is 0 Å². The molecule has 0 aromatic heterocycles. The van der Waals surface area contributed by atoms with Crippen molar-refractivity contribution in [2.24, 2.45) is 5.92 Å². The van der Waals surface area contributed by atoms with Crippen molar-refractivity contribution in [2.45, 2.75) is 25.9 Å². The zero-order valence-corrected chi connectivity index (χ0v) is 10.0. The van der Waals surface area contributed by atoms with Gasteiger partial charge in [-0.2, -0.15) is 8.78 Å². The summed E-state index contributed by atoms with van der Waals surface area (Å²) in [5.41, 5.74) is 0.837. The van der Waals surface area contributed by atoms with E-state index in [0.717, 1.165) is 18.2 Å². The number of alkyl halides is 2. The highest BCUT2D eigenvalue weighted by atomic mass is 35.5. The zero-order chi connectivity index (χ0) is 12.3. The van der Waals surface area contributed by atoms with Crippen LogP contribution in [0.4, 0.5) is 14.5 Å². The van der Waals surface area contributed by atoms with Gasteiger partial charge in [0, 0.05) is 12.2 Å². The van der Waals surface area contributed by atoms with Gasteiger partial charge in [0.1, 0.15) is 5.75 Å². The third-order valence-corrected chi connectivity index (χ3v) is 3.26.